The van der Waals surface area contributed by atoms with E-state index in [2.05, 4.69) is 72.2 Å². The summed E-state index contributed by atoms with van der Waals surface area (Å²) in [7, 11) is 0. The molecule has 0 unspecified atom stereocenters. The van der Waals surface area contributed by atoms with E-state index in [1.165, 1.54) is 28.7 Å². The van der Waals surface area contributed by atoms with Gasteiger partial charge in [-0.15, -0.1) is 0 Å². The maximum absolute atomic E-state index is 12.2. The van der Waals surface area contributed by atoms with Crippen LogP contribution in [0.1, 0.15) is 54.4 Å². The molecule has 1 saturated heterocycles. The van der Waals surface area contributed by atoms with Crippen molar-refractivity contribution in [3.05, 3.63) is 70.8 Å². The Bertz CT molecular complexity index is 689. The average Bonchev–Trinajstić information content (AvgIpc) is 2.90. The van der Waals surface area contributed by atoms with Crippen LogP contribution in [0.15, 0.2) is 48.5 Å². The molecule has 1 amide bonds. The minimum absolute atomic E-state index is 0.348. The highest BCUT2D eigenvalue weighted by Crippen LogP contribution is 2.15. The number of hydrogen-bond donors (Lipinski definition) is 0. The number of carbonyl (C=O) groups is 1. The molecule has 0 aliphatic carbocycles. The molecule has 3 heteroatoms. The molecule has 0 spiro atoms. The third kappa shape index (κ3) is 6.49. The first kappa shape index (κ1) is 20.6. The zero-order valence-corrected chi connectivity index (χ0v) is 17.5. The number of benzene rings is 2. The SMILES string of the molecule is Cc1ccc(CN(CCCN2CCCCCC2=O)Cc2ccc(C)cc2)cc1. The van der Waals surface area contributed by atoms with Gasteiger partial charge in [0.25, 0.3) is 0 Å². The van der Waals surface area contributed by atoms with Gasteiger partial charge in [0, 0.05) is 39.1 Å². The number of hydrogen-bond acceptors (Lipinski definition) is 2. The highest BCUT2D eigenvalue weighted by atomic mass is 16.2. The Hall–Kier alpha value is -2.13. The summed E-state index contributed by atoms with van der Waals surface area (Å²) in [6.07, 6.45) is 5.17. The predicted octanol–water partition coefficient (Wildman–Crippen LogP) is 5.10. The van der Waals surface area contributed by atoms with E-state index in [9.17, 15) is 4.79 Å². The number of carbonyl (C=O) groups excluding carboxylic acids is 1. The summed E-state index contributed by atoms with van der Waals surface area (Å²) in [6.45, 7) is 8.99. The Kier molecular flexibility index (Phi) is 7.67. The van der Waals surface area contributed by atoms with E-state index in [0.717, 1.165) is 58.4 Å². The number of nitrogens with zero attached hydrogens (tertiary/aromatic N) is 2. The second-order valence-corrected chi connectivity index (χ2v) is 8.23. The van der Waals surface area contributed by atoms with Gasteiger partial charge in [0.1, 0.15) is 0 Å². The molecule has 0 bridgehead atoms. The first-order valence-corrected chi connectivity index (χ1v) is 10.7. The Morgan fingerprint density at radius 3 is 1.96 bits per heavy atom. The summed E-state index contributed by atoms with van der Waals surface area (Å²) >= 11 is 0. The van der Waals surface area contributed by atoms with E-state index in [0.29, 0.717) is 5.91 Å². The first-order valence-electron chi connectivity index (χ1n) is 10.7. The van der Waals surface area contributed by atoms with Gasteiger partial charge in [0.15, 0.2) is 0 Å². The van der Waals surface area contributed by atoms with E-state index in [1.807, 2.05) is 0 Å². The van der Waals surface area contributed by atoms with Crippen LogP contribution in [-0.4, -0.2) is 35.3 Å². The normalized spacial score (nSPS) is 15.1. The van der Waals surface area contributed by atoms with Crippen LogP contribution in [0.5, 0.6) is 0 Å². The Morgan fingerprint density at radius 2 is 1.39 bits per heavy atom. The lowest BCUT2D eigenvalue weighted by Gasteiger charge is -2.25. The van der Waals surface area contributed by atoms with Crippen molar-refractivity contribution in [3.63, 3.8) is 0 Å². The molecule has 0 aromatic heterocycles. The maximum atomic E-state index is 12.2. The summed E-state index contributed by atoms with van der Waals surface area (Å²) < 4.78 is 0. The molecule has 0 radical (unpaired) electrons. The largest absolute Gasteiger partial charge is 0.343 e. The highest BCUT2D eigenvalue weighted by molar-refractivity contribution is 5.76. The Balaban J connectivity index is 1.60. The van der Waals surface area contributed by atoms with Crippen molar-refractivity contribution in [1.29, 1.82) is 0 Å². The van der Waals surface area contributed by atoms with E-state index in [1.54, 1.807) is 0 Å². The van der Waals surface area contributed by atoms with Crippen molar-refractivity contribution >= 4 is 5.91 Å². The van der Waals surface area contributed by atoms with Crippen LogP contribution in [0.25, 0.3) is 0 Å². The molecule has 0 N–H and O–H groups in total. The van der Waals surface area contributed by atoms with Gasteiger partial charge < -0.3 is 4.90 Å². The molecule has 0 saturated carbocycles. The lowest BCUT2D eigenvalue weighted by molar-refractivity contribution is -0.130. The van der Waals surface area contributed by atoms with Crippen molar-refractivity contribution in [2.75, 3.05) is 19.6 Å². The molecule has 150 valence electrons. The quantitative estimate of drug-likeness (QED) is 0.638. The monoisotopic (exact) mass is 378 g/mol. The van der Waals surface area contributed by atoms with Gasteiger partial charge in [0.05, 0.1) is 0 Å². The molecular formula is C25H34N2O. The molecule has 2 aromatic rings. The average molecular weight is 379 g/mol. The van der Waals surface area contributed by atoms with Crippen LogP contribution < -0.4 is 0 Å². The second kappa shape index (κ2) is 10.4. The lowest BCUT2D eigenvalue weighted by Crippen LogP contribution is -2.33. The third-order valence-corrected chi connectivity index (χ3v) is 5.63. The van der Waals surface area contributed by atoms with Crippen molar-refractivity contribution < 1.29 is 4.79 Å². The summed E-state index contributed by atoms with van der Waals surface area (Å²) in [5.74, 6) is 0.348. The topological polar surface area (TPSA) is 23.6 Å². The minimum atomic E-state index is 0.348. The molecule has 1 heterocycles. The third-order valence-electron chi connectivity index (χ3n) is 5.63. The highest BCUT2D eigenvalue weighted by Gasteiger charge is 2.16. The zero-order chi connectivity index (χ0) is 19.8. The van der Waals surface area contributed by atoms with Gasteiger partial charge >= 0.3 is 0 Å². The fourth-order valence-electron chi connectivity index (χ4n) is 3.88. The molecule has 1 fully saturated rings. The van der Waals surface area contributed by atoms with Gasteiger partial charge in [-0.1, -0.05) is 66.1 Å². The van der Waals surface area contributed by atoms with Crippen molar-refractivity contribution in [2.24, 2.45) is 0 Å². The van der Waals surface area contributed by atoms with Gasteiger partial charge in [-0.3, -0.25) is 9.69 Å². The van der Waals surface area contributed by atoms with E-state index in [-0.39, 0.29) is 0 Å². The van der Waals surface area contributed by atoms with E-state index >= 15 is 0 Å². The fourth-order valence-corrected chi connectivity index (χ4v) is 3.88. The Morgan fingerprint density at radius 1 is 0.821 bits per heavy atom. The van der Waals surface area contributed by atoms with Crippen LogP contribution in [-0.2, 0) is 17.9 Å². The molecule has 1 aliphatic rings. The Labute approximate surface area is 170 Å². The van der Waals surface area contributed by atoms with Crippen LogP contribution >= 0.6 is 0 Å². The van der Waals surface area contributed by atoms with E-state index in [4.69, 9.17) is 0 Å². The molecule has 2 aromatic carbocycles. The number of likely N-dealkylation sites (tertiary alicyclic amines) is 1. The summed E-state index contributed by atoms with van der Waals surface area (Å²) in [4.78, 5) is 16.8. The van der Waals surface area contributed by atoms with Gasteiger partial charge in [-0.05, 0) is 44.2 Å². The van der Waals surface area contributed by atoms with Gasteiger partial charge in [-0.2, -0.15) is 0 Å². The maximum Gasteiger partial charge on any atom is 0.222 e. The fraction of sp³-hybridized carbons (Fsp3) is 0.480. The van der Waals surface area contributed by atoms with Crippen molar-refractivity contribution in [1.82, 2.24) is 9.80 Å². The summed E-state index contributed by atoms with van der Waals surface area (Å²) in [5, 5.41) is 0. The minimum Gasteiger partial charge on any atom is -0.343 e. The second-order valence-electron chi connectivity index (χ2n) is 8.23. The van der Waals surface area contributed by atoms with Crippen molar-refractivity contribution in [3.8, 4) is 0 Å². The summed E-state index contributed by atoms with van der Waals surface area (Å²) in [5.41, 5.74) is 5.30. The molecule has 0 atom stereocenters. The van der Waals surface area contributed by atoms with Gasteiger partial charge in [0.2, 0.25) is 5.91 Å². The summed E-state index contributed by atoms with van der Waals surface area (Å²) in [6, 6.07) is 17.7. The van der Waals surface area contributed by atoms with Crippen molar-refractivity contribution in [2.45, 2.75) is 59.0 Å². The predicted molar refractivity (Wildman–Crippen MR) is 116 cm³/mol. The van der Waals surface area contributed by atoms with Crippen LogP contribution in [0.3, 0.4) is 0 Å². The van der Waals surface area contributed by atoms with Crippen LogP contribution in [0.2, 0.25) is 0 Å². The van der Waals surface area contributed by atoms with Gasteiger partial charge in [-0.25, -0.2) is 0 Å². The van der Waals surface area contributed by atoms with Crippen LogP contribution in [0.4, 0.5) is 0 Å². The lowest BCUT2D eigenvalue weighted by atomic mass is 10.1. The first-order chi connectivity index (χ1) is 13.6. The molecule has 3 nitrogen and oxygen atoms in total. The molecular weight excluding hydrogens is 344 g/mol. The number of rotatable bonds is 8. The smallest absolute Gasteiger partial charge is 0.222 e. The van der Waals surface area contributed by atoms with E-state index < -0.39 is 0 Å². The molecule has 28 heavy (non-hydrogen) atoms. The number of amides is 1. The molecule has 1 aliphatic heterocycles. The number of aryl methyl sites for hydroxylation is 2. The molecule has 3 rings (SSSR count). The van der Waals surface area contributed by atoms with Crippen LogP contribution in [0, 0.1) is 13.8 Å². The zero-order valence-electron chi connectivity index (χ0n) is 17.5. The standard InChI is InChI=1S/C25H34N2O/c1-21-8-12-23(13-9-21)19-26(20-24-14-10-22(2)11-15-24)16-6-18-27-17-5-3-4-7-25(27)28/h8-15H,3-7,16-20H2,1-2H3.